The summed E-state index contributed by atoms with van der Waals surface area (Å²) in [6, 6.07) is 1.92. The van der Waals surface area contributed by atoms with Crippen LogP contribution in [0.5, 0.6) is 0 Å². The van der Waals surface area contributed by atoms with Crippen LogP contribution in [-0.2, 0) is 6.54 Å². The summed E-state index contributed by atoms with van der Waals surface area (Å²) in [5, 5.41) is 7.21. The van der Waals surface area contributed by atoms with Gasteiger partial charge in [-0.2, -0.15) is 5.10 Å². The van der Waals surface area contributed by atoms with Crippen molar-refractivity contribution in [1.82, 2.24) is 15.1 Å². The lowest BCUT2D eigenvalue weighted by molar-refractivity contribution is 0.571. The Morgan fingerprint density at radius 1 is 1.53 bits per heavy atom. The second-order valence-electron chi connectivity index (χ2n) is 4.17. The van der Waals surface area contributed by atoms with Crippen molar-refractivity contribution in [3.63, 3.8) is 0 Å². The minimum atomic E-state index is 0. The number of nitrogens with one attached hydrogen (secondary N) is 1. The van der Waals surface area contributed by atoms with Gasteiger partial charge in [0.1, 0.15) is 0 Å². The fourth-order valence-corrected chi connectivity index (χ4v) is 1.23. The topological polar surface area (TPSA) is 68.2 Å². The Morgan fingerprint density at radius 3 is 2.88 bits per heavy atom. The van der Waals surface area contributed by atoms with Gasteiger partial charge in [0.2, 0.25) is 0 Å². The van der Waals surface area contributed by atoms with Crippen LogP contribution in [0.15, 0.2) is 23.5 Å². The van der Waals surface area contributed by atoms with E-state index in [-0.39, 0.29) is 24.0 Å². The first-order valence-electron chi connectivity index (χ1n) is 5.69. The van der Waals surface area contributed by atoms with Crippen LogP contribution < -0.4 is 11.1 Å². The number of hydrogen-bond acceptors (Lipinski definition) is 2. The summed E-state index contributed by atoms with van der Waals surface area (Å²) in [6.07, 6.45) is 4.72. The first-order valence-corrected chi connectivity index (χ1v) is 5.69. The summed E-state index contributed by atoms with van der Waals surface area (Å²) in [4.78, 5) is 4.22. The van der Waals surface area contributed by atoms with Crippen molar-refractivity contribution in [2.75, 3.05) is 13.1 Å². The SMILES string of the molecule is CC(C)CN=C(N)NCCCn1cccn1.I. The van der Waals surface area contributed by atoms with Crippen molar-refractivity contribution in [3.8, 4) is 0 Å². The molecule has 0 fully saturated rings. The molecule has 0 aliphatic rings. The predicted octanol–water partition coefficient (Wildman–Crippen LogP) is 1.45. The number of nitrogens with zero attached hydrogens (tertiary/aromatic N) is 3. The molecular formula is C11H22IN5. The molecule has 3 N–H and O–H groups in total. The van der Waals surface area contributed by atoms with Gasteiger partial charge in [-0.3, -0.25) is 9.67 Å². The van der Waals surface area contributed by atoms with Gasteiger partial charge in [-0.05, 0) is 18.4 Å². The van der Waals surface area contributed by atoms with Crippen LogP contribution in [0.4, 0.5) is 0 Å². The molecule has 0 unspecified atom stereocenters. The molecule has 0 aliphatic heterocycles. The highest BCUT2D eigenvalue weighted by atomic mass is 127. The van der Waals surface area contributed by atoms with Crippen molar-refractivity contribution < 1.29 is 0 Å². The van der Waals surface area contributed by atoms with Crippen molar-refractivity contribution in [2.45, 2.75) is 26.8 Å². The van der Waals surface area contributed by atoms with Crippen LogP contribution in [0.25, 0.3) is 0 Å². The smallest absolute Gasteiger partial charge is 0.188 e. The van der Waals surface area contributed by atoms with Gasteiger partial charge in [-0.25, -0.2) is 0 Å². The Morgan fingerprint density at radius 2 is 2.29 bits per heavy atom. The molecule has 0 saturated heterocycles. The average molecular weight is 351 g/mol. The molecule has 0 bridgehead atoms. The van der Waals surface area contributed by atoms with Crippen LogP contribution in [0.2, 0.25) is 0 Å². The first-order chi connectivity index (χ1) is 7.68. The Kier molecular flexibility index (Phi) is 8.83. The van der Waals surface area contributed by atoms with Gasteiger partial charge in [-0.15, -0.1) is 24.0 Å². The fourth-order valence-electron chi connectivity index (χ4n) is 1.23. The molecule has 1 rings (SSSR count). The summed E-state index contributed by atoms with van der Waals surface area (Å²) in [7, 11) is 0. The van der Waals surface area contributed by atoms with E-state index in [0.29, 0.717) is 11.9 Å². The van der Waals surface area contributed by atoms with E-state index in [2.05, 4.69) is 29.3 Å². The van der Waals surface area contributed by atoms with Gasteiger partial charge in [0.05, 0.1) is 0 Å². The number of rotatable bonds is 6. The predicted molar refractivity (Wildman–Crippen MR) is 81.6 cm³/mol. The van der Waals surface area contributed by atoms with Crippen molar-refractivity contribution >= 4 is 29.9 Å². The lowest BCUT2D eigenvalue weighted by Crippen LogP contribution is -2.33. The van der Waals surface area contributed by atoms with Gasteiger partial charge in [0, 0.05) is 32.0 Å². The normalized spacial score (nSPS) is 11.4. The molecule has 0 radical (unpaired) electrons. The number of aliphatic imine (C=N–C) groups is 1. The maximum Gasteiger partial charge on any atom is 0.188 e. The zero-order valence-electron chi connectivity index (χ0n) is 10.5. The number of hydrogen-bond donors (Lipinski definition) is 2. The van der Waals surface area contributed by atoms with E-state index in [9.17, 15) is 0 Å². The molecule has 0 saturated carbocycles. The Balaban J connectivity index is 0.00000256. The van der Waals surface area contributed by atoms with Gasteiger partial charge < -0.3 is 11.1 Å². The summed E-state index contributed by atoms with van der Waals surface area (Å²) in [6.45, 7) is 6.74. The summed E-state index contributed by atoms with van der Waals surface area (Å²) < 4.78 is 1.91. The molecule has 5 nitrogen and oxygen atoms in total. The highest BCUT2D eigenvalue weighted by Gasteiger charge is 1.94. The Bertz CT molecular complexity index is 308. The summed E-state index contributed by atoms with van der Waals surface area (Å²) in [5.41, 5.74) is 5.70. The van der Waals surface area contributed by atoms with Crippen molar-refractivity contribution in [1.29, 1.82) is 0 Å². The third-order valence-corrected chi connectivity index (χ3v) is 2.06. The molecule has 0 amide bonds. The van der Waals surface area contributed by atoms with E-state index >= 15 is 0 Å². The van der Waals surface area contributed by atoms with E-state index in [0.717, 1.165) is 26.1 Å². The third kappa shape index (κ3) is 8.00. The molecule has 1 aromatic heterocycles. The number of guanidine groups is 1. The summed E-state index contributed by atoms with van der Waals surface area (Å²) >= 11 is 0. The lowest BCUT2D eigenvalue weighted by Gasteiger charge is -2.06. The van der Waals surface area contributed by atoms with Gasteiger partial charge in [0.25, 0.3) is 0 Å². The largest absolute Gasteiger partial charge is 0.370 e. The second kappa shape index (κ2) is 9.26. The molecule has 0 aromatic carbocycles. The molecule has 1 aromatic rings. The monoisotopic (exact) mass is 351 g/mol. The van der Waals surface area contributed by atoms with E-state index in [1.807, 2.05) is 16.9 Å². The van der Waals surface area contributed by atoms with E-state index in [4.69, 9.17) is 5.73 Å². The molecule has 0 aliphatic carbocycles. The zero-order chi connectivity index (χ0) is 11.8. The highest BCUT2D eigenvalue weighted by molar-refractivity contribution is 14.0. The standard InChI is InChI=1S/C11H21N5.HI/c1-10(2)9-14-11(12)13-5-3-7-16-8-4-6-15-16;/h4,6,8,10H,3,5,7,9H2,1-2H3,(H3,12,13,14);1H. The van der Waals surface area contributed by atoms with E-state index in [1.165, 1.54) is 0 Å². The molecule has 1 heterocycles. The first kappa shape index (κ1) is 16.2. The Hall–Kier alpha value is -0.790. The number of aromatic nitrogens is 2. The molecule has 17 heavy (non-hydrogen) atoms. The number of halogens is 1. The van der Waals surface area contributed by atoms with Crippen LogP contribution >= 0.6 is 24.0 Å². The summed E-state index contributed by atoms with van der Waals surface area (Å²) in [5.74, 6) is 1.08. The highest BCUT2D eigenvalue weighted by Crippen LogP contribution is 1.91. The number of aryl methyl sites for hydroxylation is 1. The minimum Gasteiger partial charge on any atom is -0.370 e. The fraction of sp³-hybridized carbons (Fsp3) is 0.636. The molecule has 0 spiro atoms. The Labute approximate surface area is 120 Å². The van der Waals surface area contributed by atoms with Gasteiger partial charge >= 0.3 is 0 Å². The third-order valence-electron chi connectivity index (χ3n) is 2.06. The van der Waals surface area contributed by atoms with E-state index in [1.54, 1.807) is 6.20 Å². The maximum absolute atomic E-state index is 5.70. The lowest BCUT2D eigenvalue weighted by atomic mass is 10.2. The minimum absolute atomic E-state index is 0. The van der Waals surface area contributed by atoms with Gasteiger partial charge in [0.15, 0.2) is 5.96 Å². The van der Waals surface area contributed by atoms with Crippen LogP contribution in [-0.4, -0.2) is 28.8 Å². The van der Waals surface area contributed by atoms with Crippen molar-refractivity contribution in [3.05, 3.63) is 18.5 Å². The second-order valence-corrected chi connectivity index (χ2v) is 4.17. The van der Waals surface area contributed by atoms with Crippen molar-refractivity contribution in [2.24, 2.45) is 16.6 Å². The van der Waals surface area contributed by atoms with E-state index < -0.39 is 0 Å². The molecule has 98 valence electrons. The maximum atomic E-state index is 5.70. The molecule has 6 heteroatoms. The van der Waals surface area contributed by atoms with Gasteiger partial charge in [-0.1, -0.05) is 13.8 Å². The number of nitrogens with two attached hydrogens (primary N) is 1. The van der Waals surface area contributed by atoms with Crippen LogP contribution in [0, 0.1) is 5.92 Å². The quantitative estimate of drug-likeness (QED) is 0.353. The zero-order valence-corrected chi connectivity index (χ0v) is 12.8. The van der Waals surface area contributed by atoms with Crippen LogP contribution in [0.1, 0.15) is 20.3 Å². The molecular weight excluding hydrogens is 329 g/mol. The van der Waals surface area contributed by atoms with Crippen LogP contribution in [0.3, 0.4) is 0 Å². The molecule has 0 atom stereocenters. The average Bonchev–Trinajstić information content (AvgIpc) is 2.74.